The molecule has 0 aromatic heterocycles. The minimum Gasteiger partial charge on any atom is -0.497 e. The van der Waals surface area contributed by atoms with Crippen molar-refractivity contribution in [2.45, 2.75) is 52.2 Å². The van der Waals surface area contributed by atoms with Gasteiger partial charge in [-0.3, -0.25) is 13.9 Å². The maximum absolute atomic E-state index is 14.5. The second kappa shape index (κ2) is 11.5. The van der Waals surface area contributed by atoms with Crippen molar-refractivity contribution in [3.05, 3.63) is 59.9 Å². The van der Waals surface area contributed by atoms with Crippen LogP contribution in [0.15, 0.2) is 48.5 Å². The molecular weight excluding hydrogens is 473 g/mol. The summed E-state index contributed by atoms with van der Waals surface area (Å²) in [5.41, 5.74) is -0.0523. The highest BCUT2D eigenvalue weighted by molar-refractivity contribution is 7.92. The Kier molecular flexibility index (Phi) is 9.25. The molecular formula is C25H34FN3O5S. The lowest BCUT2D eigenvalue weighted by Crippen LogP contribution is -2.55. The van der Waals surface area contributed by atoms with E-state index in [2.05, 4.69) is 5.32 Å². The normalized spacial score (nSPS) is 12.5. The first-order valence-electron chi connectivity index (χ1n) is 11.2. The number of amides is 2. The number of rotatable bonds is 10. The predicted molar refractivity (Wildman–Crippen MR) is 134 cm³/mol. The molecule has 0 heterocycles. The van der Waals surface area contributed by atoms with E-state index in [0.29, 0.717) is 12.2 Å². The zero-order valence-electron chi connectivity index (χ0n) is 21.0. The van der Waals surface area contributed by atoms with Gasteiger partial charge < -0.3 is 15.0 Å². The summed E-state index contributed by atoms with van der Waals surface area (Å²) in [6.45, 7) is 6.65. The van der Waals surface area contributed by atoms with Crippen molar-refractivity contribution in [2.24, 2.45) is 0 Å². The topological polar surface area (TPSA) is 96.0 Å². The Balaban J connectivity index is 2.46. The molecule has 2 aromatic carbocycles. The first-order valence-corrected chi connectivity index (χ1v) is 13.1. The maximum atomic E-state index is 14.5. The molecule has 0 aliphatic rings. The number of hydrogen-bond donors (Lipinski definition) is 1. The van der Waals surface area contributed by atoms with E-state index < -0.39 is 39.9 Å². The Morgan fingerprint density at radius 3 is 2.17 bits per heavy atom. The average Bonchev–Trinajstić information content (AvgIpc) is 2.76. The summed E-state index contributed by atoms with van der Waals surface area (Å²) in [6.07, 6.45) is 1.20. The third-order valence-electron chi connectivity index (χ3n) is 5.20. The van der Waals surface area contributed by atoms with Crippen molar-refractivity contribution < 1.29 is 27.1 Å². The lowest BCUT2D eigenvalue weighted by atomic mass is 10.1. The van der Waals surface area contributed by atoms with Gasteiger partial charge in [-0.2, -0.15) is 0 Å². The molecule has 0 saturated heterocycles. The molecule has 8 nitrogen and oxygen atoms in total. The standard InChI is InChI=1S/C25H34FN3O5S/c1-7-21(24(31)27-25(2,3)4)28(16-18-12-14-19(34-5)15-13-18)23(30)17-29(35(6,32)33)22-11-9-8-10-20(22)26/h8-15,21H,7,16-17H2,1-6H3,(H,27,31). The highest BCUT2D eigenvalue weighted by atomic mass is 32.2. The molecule has 0 aliphatic heterocycles. The molecule has 192 valence electrons. The minimum absolute atomic E-state index is 0.0494. The van der Waals surface area contributed by atoms with Crippen LogP contribution in [0.25, 0.3) is 0 Å². The SMILES string of the molecule is CCC(C(=O)NC(C)(C)C)N(Cc1ccc(OC)cc1)C(=O)CN(c1ccccc1F)S(C)(=O)=O. The Bertz CT molecular complexity index is 1130. The Morgan fingerprint density at radius 1 is 1.09 bits per heavy atom. The van der Waals surface area contributed by atoms with E-state index in [1.165, 1.54) is 30.2 Å². The fourth-order valence-electron chi connectivity index (χ4n) is 3.55. The van der Waals surface area contributed by atoms with Crippen LogP contribution in [0.1, 0.15) is 39.7 Å². The molecule has 1 unspecified atom stereocenters. The van der Waals surface area contributed by atoms with E-state index in [1.54, 1.807) is 31.2 Å². The van der Waals surface area contributed by atoms with Crippen molar-refractivity contribution in [1.82, 2.24) is 10.2 Å². The van der Waals surface area contributed by atoms with Crippen molar-refractivity contribution >= 4 is 27.5 Å². The fourth-order valence-corrected chi connectivity index (χ4v) is 4.40. The van der Waals surface area contributed by atoms with Gasteiger partial charge in [0.2, 0.25) is 21.8 Å². The van der Waals surface area contributed by atoms with Crippen molar-refractivity contribution in [3.8, 4) is 5.75 Å². The molecule has 35 heavy (non-hydrogen) atoms. The van der Waals surface area contributed by atoms with Crippen LogP contribution in [0.4, 0.5) is 10.1 Å². The maximum Gasteiger partial charge on any atom is 0.244 e. The molecule has 2 aromatic rings. The number of anilines is 1. The van der Waals surface area contributed by atoms with E-state index in [-0.39, 0.29) is 18.1 Å². The monoisotopic (exact) mass is 507 g/mol. The number of benzene rings is 2. The Morgan fingerprint density at radius 2 is 1.69 bits per heavy atom. The van der Waals surface area contributed by atoms with Gasteiger partial charge in [0, 0.05) is 12.1 Å². The van der Waals surface area contributed by atoms with E-state index in [4.69, 9.17) is 4.74 Å². The summed E-state index contributed by atoms with van der Waals surface area (Å²) < 4.78 is 45.4. The van der Waals surface area contributed by atoms with Crippen LogP contribution in [0.2, 0.25) is 0 Å². The molecule has 0 bridgehead atoms. The van der Waals surface area contributed by atoms with Crippen LogP contribution in [0, 0.1) is 5.82 Å². The average molecular weight is 508 g/mol. The van der Waals surface area contributed by atoms with E-state index >= 15 is 0 Å². The highest BCUT2D eigenvalue weighted by Crippen LogP contribution is 2.23. The number of halogens is 1. The van der Waals surface area contributed by atoms with Crippen molar-refractivity contribution in [2.75, 3.05) is 24.2 Å². The summed E-state index contributed by atoms with van der Waals surface area (Å²) in [6, 6.07) is 11.5. The number of ether oxygens (including phenoxy) is 1. The van der Waals surface area contributed by atoms with E-state index in [9.17, 15) is 22.4 Å². The largest absolute Gasteiger partial charge is 0.497 e. The van der Waals surface area contributed by atoms with E-state index in [0.717, 1.165) is 22.2 Å². The van der Waals surface area contributed by atoms with Crippen LogP contribution in [0.5, 0.6) is 5.75 Å². The molecule has 1 atom stereocenters. The van der Waals surface area contributed by atoms with Gasteiger partial charge in [0.05, 0.1) is 19.1 Å². The molecule has 0 aliphatic carbocycles. The Labute approximate surface area is 207 Å². The number of carbonyl (C=O) groups excluding carboxylic acids is 2. The van der Waals surface area contributed by atoms with Gasteiger partial charge in [-0.25, -0.2) is 12.8 Å². The summed E-state index contributed by atoms with van der Waals surface area (Å²) in [5, 5.41) is 2.89. The van der Waals surface area contributed by atoms with Gasteiger partial charge in [0.1, 0.15) is 24.2 Å². The zero-order valence-corrected chi connectivity index (χ0v) is 21.9. The van der Waals surface area contributed by atoms with Gasteiger partial charge in [0.15, 0.2) is 0 Å². The second-order valence-corrected chi connectivity index (χ2v) is 11.2. The smallest absolute Gasteiger partial charge is 0.244 e. The van der Waals surface area contributed by atoms with Crippen LogP contribution in [-0.2, 0) is 26.2 Å². The molecule has 0 saturated carbocycles. The number of nitrogens with one attached hydrogen (secondary N) is 1. The van der Waals surface area contributed by atoms with Gasteiger partial charge >= 0.3 is 0 Å². The second-order valence-electron chi connectivity index (χ2n) is 9.25. The third-order valence-corrected chi connectivity index (χ3v) is 6.32. The summed E-state index contributed by atoms with van der Waals surface area (Å²) in [5.74, 6) is -1.14. The van der Waals surface area contributed by atoms with Gasteiger partial charge in [-0.05, 0) is 57.0 Å². The van der Waals surface area contributed by atoms with Crippen LogP contribution < -0.4 is 14.4 Å². The lowest BCUT2D eigenvalue weighted by molar-refractivity contribution is -0.141. The summed E-state index contributed by atoms with van der Waals surface area (Å²) in [7, 11) is -2.46. The first kappa shape index (κ1) is 28.1. The molecule has 0 radical (unpaired) electrons. The number of sulfonamides is 1. The zero-order chi connectivity index (χ0) is 26.4. The third kappa shape index (κ3) is 7.95. The molecule has 0 fully saturated rings. The van der Waals surface area contributed by atoms with Gasteiger partial charge in [0.25, 0.3) is 0 Å². The van der Waals surface area contributed by atoms with Crippen LogP contribution in [0.3, 0.4) is 0 Å². The molecule has 2 rings (SSSR count). The highest BCUT2D eigenvalue weighted by Gasteiger charge is 2.33. The Hall–Kier alpha value is -3.14. The van der Waals surface area contributed by atoms with Crippen LogP contribution in [-0.4, -0.2) is 56.6 Å². The van der Waals surface area contributed by atoms with Gasteiger partial charge in [-0.15, -0.1) is 0 Å². The predicted octanol–water partition coefficient (Wildman–Crippen LogP) is 3.32. The fraction of sp³-hybridized carbons (Fsp3) is 0.440. The quantitative estimate of drug-likeness (QED) is 0.532. The molecule has 10 heteroatoms. The number of carbonyl (C=O) groups is 2. The number of hydrogen-bond acceptors (Lipinski definition) is 5. The first-order chi connectivity index (χ1) is 16.3. The molecule has 0 spiro atoms. The van der Waals surface area contributed by atoms with Crippen molar-refractivity contribution in [1.29, 1.82) is 0 Å². The number of nitrogens with zero attached hydrogens (tertiary/aromatic N) is 2. The number of methoxy groups -OCH3 is 1. The number of para-hydroxylation sites is 1. The minimum atomic E-state index is -4.00. The molecule has 2 amide bonds. The van der Waals surface area contributed by atoms with E-state index in [1.807, 2.05) is 20.8 Å². The van der Waals surface area contributed by atoms with Crippen LogP contribution >= 0.6 is 0 Å². The summed E-state index contributed by atoms with van der Waals surface area (Å²) in [4.78, 5) is 28.0. The lowest BCUT2D eigenvalue weighted by Gasteiger charge is -2.34. The van der Waals surface area contributed by atoms with Crippen molar-refractivity contribution in [3.63, 3.8) is 0 Å². The van der Waals surface area contributed by atoms with Gasteiger partial charge in [-0.1, -0.05) is 31.2 Å². The summed E-state index contributed by atoms with van der Waals surface area (Å²) >= 11 is 0. The molecule has 1 N–H and O–H groups in total.